The first-order chi connectivity index (χ1) is 15.3. The Bertz CT molecular complexity index is 1030. The fourth-order valence-corrected chi connectivity index (χ4v) is 5.86. The molecule has 1 amide bonds. The van der Waals surface area contributed by atoms with Crippen molar-refractivity contribution >= 4 is 6.09 Å². The van der Waals surface area contributed by atoms with Crippen LogP contribution in [0, 0.1) is 17.2 Å². The summed E-state index contributed by atoms with van der Waals surface area (Å²) in [5.74, 6) is 0.223. The molecule has 0 saturated carbocycles. The van der Waals surface area contributed by atoms with Gasteiger partial charge in [0, 0.05) is 12.1 Å². The van der Waals surface area contributed by atoms with Crippen molar-refractivity contribution in [3.63, 3.8) is 0 Å². The van der Waals surface area contributed by atoms with Gasteiger partial charge in [0.1, 0.15) is 11.9 Å². The smallest absolute Gasteiger partial charge is 0.407 e. The first kappa shape index (κ1) is 21.4. The van der Waals surface area contributed by atoms with E-state index in [4.69, 9.17) is 4.74 Å². The van der Waals surface area contributed by atoms with E-state index in [2.05, 4.69) is 43.1 Å². The van der Waals surface area contributed by atoms with Gasteiger partial charge in [-0.1, -0.05) is 45.0 Å². The Morgan fingerprint density at radius 3 is 2.69 bits per heavy atom. The lowest BCUT2D eigenvalue weighted by Gasteiger charge is -2.44. The van der Waals surface area contributed by atoms with Gasteiger partial charge in [-0.15, -0.1) is 0 Å². The van der Waals surface area contributed by atoms with Crippen molar-refractivity contribution in [2.45, 2.75) is 58.6 Å². The van der Waals surface area contributed by atoms with Crippen LogP contribution in [0.1, 0.15) is 56.3 Å². The van der Waals surface area contributed by atoms with Gasteiger partial charge in [-0.2, -0.15) is 0 Å². The second-order valence-corrected chi connectivity index (χ2v) is 10.4. The summed E-state index contributed by atoms with van der Waals surface area (Å²) in [7, 11) is 0. The number of benzene rings is 2. The average molecular weight is 437 g/mol. The van der Waals surface area contributed by atoms with Gasteiger partial charge >= 0.3 is 6.09 Å². The molecule has 0 radical (unpaired) electrons. The van der Waals surface area contributed by atoms with Crippen LogP contribution in [0.4, 0.5) is 9.18 Å². The monoisotopic (exact) mass is 436 g/mol. The zero-order valence-corrected chi connectivity index (χ0v) is 19.3. The standard InChI is InChI=1S/C27H33FN2O2/c1-4-17-6-5-7-19(12-17)21-13-20-15-27(2,3)25(22(20)14-23(21)28)29-26(31)32-24-16-30-10-8-18(24)9-11-30/h5-7,12-14,18,24-25H,4,8-11,15-16H2,1-3H3,(H,29,31)/t24-,25?/m0/s1. The van der Waals surface area contributed by atoms with Gasteiger partial charge in [-0.25, -0.2) is 9.18 Å². The third kappa shape index (κ3) is 3.92. The van der Waals surface area contributed by atoms with Crippen molar-refractivity contribution in [3.8, 4) is 11.1 Å². The highest BCUT2D eigenvalue weighted by atomic mass is 19.1. The van der Waals surface area contributed by atoms with E-state index in [1.165, 1.54) is 5.56 Å². The first-order valence-electron chi connectivity index (χ1n) is 11.9. The van der Waals surface area contributed by atoms with Crippen LogP contribution in [0.3, 0.4) is 0 Å². The normalized spacial score (nSPS) is 27.8. The molecule has 2 bridgehead atoms. The van der Waals surface area contributed by atoms with Gasteiger partial charge in [0.25, 0.3) is 0 Å². The number of amides is 1. The highest BCUT2D eigenvalue weighted by molar-refractivity contribution is 5.70. The number of fused-ring (bicyclic) bond motifs is 4. The molecule has 170 valence electrons. The lowest BCUT2D eigenvalue weighted by Crippen LogP contribution is -2.53. The van der Waals surface area contributed by atoms with E-state index in [0.29, 0.717) is 11.5 Å². The quantitative estimate of drug-likeness (QED) is 0.688. The molecule has 2 aromatic rings. The SMILES string of the molecule is CCc1cccc(-c2cc3c(cc2F)C(NC(=O)O[C@H]2CN4CCC2CC4)C(C)(C)C3)c1. The maximum absolute atomic E-state index is 15.3. The van der Waals surface area contributed by atoms with Crippen molar-refractivity contribution in [2.24, 2.45) is 11.3 Å². The summed E-state index contributed by atoms with van der Waals surface area (Å²) in [6, 6.07) is 11.4. The summed E-state index contributed by atoms with van der Waals surface area (Å²) in [6.45, 7) is 9.41. The Labute approximate surface area is 190 Å². The fourth-order valence-electron chi connectivity index (χ4n) is 5.86. The van der Waals surface area contributed by atoms with E-state index in [0.717, 1.165) is 62.0 Å². The van der Waals surface area contributed by atoms with E-state index in [1.54, 1.807) is 6.07 Å². The van der Waals surface area contributed by atoms with Crippen molar-refractivity contribution in [3.05, 3.63) is 58.9 Å². The molecule has 3 aliphatic heterocycles. The number of aryl methyl sites for hydroxylation is 1. The minimum absolute atomic E-state index is 0.0357. The van der Waals surface area contributed by atoms with Crippen LogP contribution in [-0.2, 0) is 17.6 Å². The molecule has 0 aromatic heterocycles. The second-order valence-electron chi connectivity index (χ2n) is 10.4. The minimum Gasteiger partial charge on any atom is -0.445 e. The van der Waals surface area contributed by atoms with Gasteiger partial charge in [0.2, 0.25) is 0 Å². The molecule has 0 spiro atoms. The van der Waals surface area contributed by atoms with Gasteiger partial charge in [0.15, 0.2) is 0 Å². The summed E-state index contributed by atoms with van der Waals surface area (Å²) < 4.78 is 21.1. The largest absolute Gasteiger partial charge is 0.445 e. The topological polar surface area (TPSA) is 41.6 Å². The summed E-state index contributed by atoms with van der Waals surface area (Å²) in [5.41, 5.74) is 4.48. The molecule has 3 fully saturated rings. The van der Waals surface area contributed by atoms with E-state index in [9.17, 15) is 4.79 Å². The second kappa shape index (κ2) is 8.18. The van der Waals surface area contributed by atoms with Crippen LogP contribution in [0.2, 0.25) is 0 Å². The number of hydrogen-bond acceptors (Lipinski definition) is 3. The number of rotatable bonds is 4. The number of alkyl carbamates (subject to hydrolysis) is 1. The molecule has 3 heterocycles. The van der Waals surface area contributed by atoms with Gasteiger partial charge in [0.05, 0.1) is 6.04 Å². The lowest BCUT2D eigenvalue weighted by molar-refractivity contribution is -0.0349. The molecule has 4 nitrogen and oxygen atoms in total. The number of ether oxygens (including phenoxy) is 1. The molecule has 1 unspecified atom stereocenters. The van der Waals surface area contributed by atoms with Gasteiger partial charge in [-0.3, -0.25) is 4.90 Å². The van der Waals surface area contributed by atoms with Crippen LogP contribution in [-0.4, -0.2) is 36.7 Å². The molecule has 6 rings (SSSR count). The van der Waals surface area contributed by atoms with Crippen molar-refractivity contribution in [1.82, 2.24) is 10.2 Å². The van der Waals surface area contributed by atoms with E-state index >= 15 is 4.39 Å². The molecular weight excluding hydrogens is 403 g/mol. The van der Waals surface area contributed by atoms with E-state index in [-0.39, 0.29) is 29.5 Å². The molecule has 1 N–H and O–H groups in total. The van der Waals surface area contributed by atoms with Crippen LogP contribution in [0.15, 0.2) is 36.4 Å². The summed E-state index contributed by atoms with van der Waals surface area (Å²) in [4.78, 5) is 15.2. The fraction of sp³-hybridized carbons (Fsp3) is 0.519. The van der Waals surface area contributed by atoms with Crippen molar-refractivity contribution < 1.29 is 13.9 Å². The zero-order chi connectivity index (χ0) is 22.5. The third-order valence-electron chi connectivity index (χ3n) is 7.73. The molecule has 1 aliphatic carbocycles. The molecule has 3 saturated heterocycles. The molecule has 2 aromatic carbocycles. The maximum Gasteiger partial charge on any atom is 0.407 e. The average Bonchev–Trinajstić information content (AvgIpc) is 3.03. The van der Waals surface area contributed by atoms with Gasteiger partial charge < -0.3 is 10.1 Å². The number of halogens is 1. The Hall–Kier alpha value is -2.40. The Morgan fingerprint density at radius 2 is 2.00 bits per heavy atom. The molecule has 32 heavy (non-hydrogen) atoms. The number of piperidine rings is 3. The zero-order valence-electron chi connectivity index (χ0n) is 19.3. The van der Waals surface area contributed by atoms with Crippen LogP contribution in [0.25, 0.3) is 11.1 Å². The van der Waals surface area contributed by atoms with Crippen LogP contribution < -0.4 is 5.32 Å². The highest BCUT2D eigenvalue weighted by Gasteiger charge is 2.42. The Balaban J connectivity index is 1.37. The molecule has 5 heteroatoms. The predicted molar refractivity (Wildman–Crippen MR) is 124 cm³/mol. The van der Waals surface area contributed by atoms with E-state index in [1.807, 2.05) is 18.2 Å². The third-order valence-corrected chi connectivity index (χ3v) is 7.73. The van der Waals surface area contributed by atoms with Crippen molar-refractivity contribution in [1.29, 1.82) is 0 Å². The lowest BCUT2D eigenvalue weighted by atomic mass is 9.85. The number of nitrogens with zero attached hydrogens (tertiary/aromatic N) is 1. The maximum atomic E-state index is 15.3. The first-order valence-corrected chi connectivity index (χ1v) is 11.9. The predicted octanol–water partition coefficient (Wildman–Crippen LogP) is 5.50. The summed E-state index contributed by atoms with van der Waals surface area (Å²) in [6.07, 6.45) is 3.49. The Kier molecular flexibility index (Phi) is 5.48. The van der Waals surface area contributed by atoms with Crippen molar-refractivity contribution in [2.75, 3.05) is 19.6 Å². The number of nitrogens with one attached hydrogen (secondary N) is 1. The number of carbonyl (C=O) groups excluding carboxylic acids is 1. The molecule has 4 aliphatic rings. The Morgan fingerprint density at radius 1 is 1.22 bits per heavy atom. The van der Waals surface area contributed by atoms with E-state index < -0.39 is 0 Å². The highest BCUT2D eigenvalue weighted by Crippen LogP contribution is 2.47. The van der Waals surface area contributed by atoms with Crippen LogP contribution in [0.5, 0.6) is 0 Å². The molecular formula is C27H33FN2O2. The summed E-state index contributed by atoms with van der Waals surface area (Å²) in [5, 5.41) is 3.09. The van der Waals surface area contributed by atoms with Gasteiger partial charge in [-0.05, 0) is 84.5 Å². The minimum atomic E-state index is -0.380. The summed E-state index contributed by atoms with van der Waals surface area (Å²) >= 11 is 0. The molecule has 2 atom stereocenters. The number of hydrogen-bond donors (Lipinski definition) is 1. The number of carbonyl (C=O) groups is 1. The van der Waals surface area contributed by atoms with Crippen LogP contribution >= 0.6 is 0 Å².